The van der Waals surface area contributed by atoms with Crippen LogP contribution >= 0.6 is 0 Å². The zero-order valence-corrected chi connectivity index (χ0v) is 12.6. The van der Waals surface area contributed by atoms with Crippen LogP contribution in [-0.4, -0.2) is 26.9 Å². The summed E-state index contributed by atoms with van der Waals surface area (Å²) in [6, 6.07) is 9.39. The Hall–Kier alpha value is -3.34. The average Bonchev–Trinajstić information content (AvgIpc) is 2.58. The van der Waals surface area contributed by atoms with Gasteiger partial charge < -0.3 is 15.3 Å². The van der Waals surface area contributed by atoms with Crippen LogP contribution < -0.4 is 0 Å². The Balaban J connectivity index is 2.19. The second-order valence-electron chi connectivity index (χ2n) is 5.80. The maximum atomic E-state index is 12.9. The molecule has 3 aromatic carbocycles. The van der Waals surface area contributed by atoms with E-state index in [1.807, 2.05) is 0 Å². The van der Waals surface area contributed by atoms with Crippen molar-refractivity contribution in [3.8, 4) is 17.2 Å². The first kappa shape index (κ1) is 14.3. The van der Waals surface area contributed by atoms with E-state index in [2.05, 4.69) is 0 Å². The monoisotopic (exact) mass is 320 g/mol. The first-order chi connectivity index (χ1) is 11.4. The molecule has 1 aliphatic rings. The van der Waals surface area contributed by atoms with Gasteiger partial charge >= 0.3 is 0 Å². The van der Waals surface area contributed by atoms with Gasteiger partial charge in [-0.2, -0.15) is 0 Å². The summed E-state index contributed by atoms with van der Waals surface area (Å²) in [5.74, 6) is -2.29. The van der Waals surface area contributed by atoms with Gasteiger partial charge in [-0.3, -0.25) is 9.59 Å². The molecule has 0 heterocycles. The van der Waals surface area contributed by atoms with Crippen LogP contribution in [0, 0.1) is 6.92 Å². The molecule has 0 bridgehead atoms. The number of aromatic hydroxyl groups is 3. The fourth-order valence-electron chi connectivity index (χ4n) is 3.22. The molecule has 0 radical (unpaired) electrons. The van der Waals surface area contributed by atoms with Crippen LogP contribution in [-0.2, 0) is 0 Å². The molecule has 3 N–H and O–H groups in total. The lowest BCUT2D eigenvalue weighted by Gasteiger charge is -2.22. The average molecular weight is 320 g/mol. The molecule has 0 fully saturated rings. The minimum atomic E-state index is -0.681. The number of hydrogen-bond acceptors (Lipinski definition) is 5. The van der Waals surface area contributed by atoms with Crippen LogP contribution in [0.2, 0.25) is 0 Å². The largest absolute Gasteiger partial charge is 0.507 e. The third kappa shape index (κ3) is 1.58. The van der Waals surface area contributed by atoms with Crippen molar-refractivity contribution in [3.05, 3.63) is 64.2 Å². The summed E-state index contributed by atoms with van der Waals surface area (Å²) >= 11 is 0. The fourth-order valence-corrected chi connectivity index (χ4v) is 3.22. The molecule has 3 aromatic rings. The normalized spacial score (nSPS) is 13.0. The Morgan fingerprint density at radius 1 is 0.667 bits per heavy atom. The van der Waals surface area contributed by atoms with Crippen LogP contribution in [0.4, 0.5) is 0 Å². The summed E-state index contributed by atoms with van der Waals surface area (Å²) in [5.41, 5.74) is -0.183. The summed E-state index contributed by atoms with van der Waals surface area (Å²) in [6.07, 6.45) is 0. The molecule has 5 nitrogen and oxygen atoms in total. The van der Waals surface area contributed by atoms with Crippen molar-refractivity contribution in [2.45, 2.75) is 6.92 Å². The second-order valence-corrected chi connectivity index (χ2v) is 5.80. The number of benzene rings is 3. The van der Waals surface area contributed by atoms with Crippen molar-refractivity contribution in [2.75, 3.05) is 0 Å². The van der Waals surface area contributed by atoms with E-state index < -0.39 is 11.6 Å². The first-order valence-corrected chi connectivity index (χ1v) is 7.32. The Morgan fingerprint density at radius 2 is 1.21 bits per heavy atom. The van der Waals surface area contributed by atoms with E-state index in [9.17, 15) is 24.9 Å². The minimum absolute atomic E-state index is 0.0144. The van der Waals surface area contributed by atoms with Crippen LogP contribution in [0.5, 0.6) is 17.2 Å². The molecule has 5 heteroatoms. The standard InChI is InChI=1S/C19H12O5/c1-8-6-7-11-12(15(8)20)19(24)14-13(18(11)23)16(21)9-4-2-3-5-10(9)17(14)22/h2-7,20-22H,1H3. The SMILES string of the molecule is Cc1ccc2c(c1O)C(=O)c1c(c(O)c3ccccc3c1O)C2=O. The molecular formula is C19H12O5. The number of aryl methyl sites for hydroxylation is 1. The molecule has 0 unspecified atom stereocenters. The number of hydrogen-bond donors (Lipinski definition) is 3. The third-order valence-corrected chi connectivity index (χ3v) is 4.47. The summed E-state index contributed by atoms with van der Waals surface area (Å²) in [4.78, 5) is 25.7. The van der Waals surface area contributed by atoms with Gasteiger partial charge in [0.05, 0.1) is 16.7 Å². The highest BCUT2D eigenvalue weighted by atomic mass is 16.3. The molecule has 1 aliphatic carbocycles. The third-order valence-electron chi connectivity index (χ3n) is 4.47. The van der Waals surface area contributed by atoms with Gasteiger partial charge in [0.15, 0.2) is 5.78 Å². The van der Waals surface area contributed by atoms with Gasteiger partial charge in [0.1, 0.15) is 17.2 Å². The van der Waals surface area contributed by atoms with E-state index in [0.717, 1.165) is 0 Å². The first-order valence-electron chi connectivity index (χ1n) is 7.32. The molecule has 0 saturated heterocycles. The summed E-state index contributed by atoms with van der Waals surface area (Å²) < 4.78 is 0. The molecule has 0 amide bonds. The number of phenolic OH excluding ortho intramolecular Hbond substituents is 3. The Bertz CT molecular complexity index is 1080. The second kappa shape index (κ2) is 4.58. The van der Waals surface area contributed by atoms with E-state index in [-0.39, 0.29) is 50.3 Å². The molecule has 4 rings (SSSR count). The lowest BCUT2D eigenvalue weighted by molar-refractivity contribution is 0.0972. The fraction of sp³-hybridized carbons (Fsp3) is 0.0526. The molecule has 0 saturated carbocycles. The number of rotatable bonds is 0. The predicted octanol–water partition coefficient (Wildman–Crippen LogP) is 3.04. The Labute approximate surface area is 136 Å². The smallest absolute Gasteiger partial charge is 0.202 e. The van der Waals surface area contributed by atoms with Crippen LogP contribution in [0.25, 0.3) is 10.8 Å². The number of carbonyl (C=O) groups is 2. The maximum Gasteiger partial charge on any atom is 0.202 e. The maximum absolute atomic E-state index is 12.9. The van der Waals surface area contributed by atoms with Crippen molar-refractivity contribution in [2.24, 2.45) is 0 Å². The van der Waals surface area contributed by atoms with E-state index in [1.54, 1.807) is 31.2 Å². The van der Waals surface area contributed by atoms with Gasteiger partial charge in [-0.15, -0.1) is 0 Å². The quantitative estimate of drug-likeness (QED) is 0.433. The van der Waals surface area contributed by atoms with Gasteiger partial charge in [0.25, 0.3) is 0 Å². The topological polar surface area (TPSA) is 94.8 Å². The van der Waals surface area contributed by atoms with Gasteiger partial charge in [-0.1, -0.05) is 30.3 Å². The van der Waals surface area contributed by atoms with E-state index in [1.165, 1.54) is 12.1 Å². The summed E-state index contributed by atoms with van der Waals surface area (Å²) in [5, 5.41) is 31.8. The highest BCUT2D eigenvalue weighted by molar-refractivity contribution is 6.33. The van der Waals surface area contributed by atoms with Crippen LogP contribution in [0.15, 0.2) is 36.4 Å². The number of fused-ring (bicyclic) bond motifs is 3. The molecular weight excluding hydrogens is 308 g/mol. The van der Waals surface area contributed by atoms with E-state index in [4.69, 9.17) is 0 Å². The Morgan fingerprint density at radius 3 is 1.79 bits per heavy atom. The van der Waals surface area contributed by atoms with Crippen molar-refractivity contribution < 1.29 is 24.9 Å². The zero-order chi connectivity index (χ0) is 17.2. The molecule has 0 spiro atoms. The van der Waals surface area contributed by atoms with Gasteiger partial charge in [0, 0.05) is 16.3 Å². The van der Waals surface area contributed by atoms with Crippen LogP contribution in [0.3, 0.4) is 0 Å². The van der Waals surface area contributed by atoms with Crippen molar-refractivity contribution in [1.82, 2.24) is 0 Å². The highest BCUT2D eigenvalue weighted by Gasteiger charge is 2.38. The zero-order valence-electron chi connectivity index (χ0n) is 12.6. The van der Waals surface area contributed by atoms with E-state index in [0.29, 0.717) is 5.56 Å². The van der Waals surface area contributed by atoms with Crippen molar-refractivity contribution in [3.63, 3.8) is 0 Å². The summed E-state index contributed by atoms with van der Waals surface area (Å²) in [6.45, 7) is 1.61. The number of ketones is 2. The van der Waals surface area contributed by atoms with Crippen molar-refractivity contribution >= 4 is 22.3 Å². The van der Waals surface area contributed by atoms with Gasteiger partial charge in [-0.25, -0.2) is 0 Å². The minimum Gasteiger partial charge on any atom is -0.507 e. The molecule has 0 atom stereocenters. The van der Waals surface area contributed by atoms with Gasteiger partial charge in [-0.05, 0) is 18.6 Å². The highest BCUT2D eigenvalue weighted by Crippen LogP contribution is 2.45. The van der Waals surface area contributed by atoms with E-state index >= 15 is 0 Å². The lowest BCUT2D eigenvalue weighted by atomic mass is 9.80. The van der Waals surface area contributed by atoms with Crippen LogP contribution in [0.1, 0.15) is 37.4 Å². The number of phenols is 3. The summed E-state index contributed by atoms with van der Waals surface area (Å²) in [7, 11) is 0. The number of carbonyl (C=O) groups excluding carboxylic acids is 2. The molecule has 0 aliphatic heterocycles. The predicted molar refractivity (Wildman–Crippen MR) is 87.0 cm³/mol. The van der Waals surface area contributed by atoms with Gasteiger partial charge in [0.2, 0.25) is 5.78 Å². The lowest BCUT2D eigenvalue weighted by Crippen LogP contribution is -2.22. The molecule has 24 heavy (non-hydrogen) atoms. The molecule has 118 valence electrons. The molecule has 0 aromatic heterocycles. The Kier molecular flexibility index (Phi) is 2.72. The van der Waals surface area contributed by atoms with Crippen molar-refractivity contribution in [1.29, 1.82) is 0 Å².